The van der Waals surface area contributed by atoms with Crippen LogP contribution in [0.3, 0.4) is 0 Å². The van der Waals surface area contributed by atoms with Gasteiger partial charge < -0.3 is 0 Å². The first-order valence-corrected chi connectivity index (χ1v) is 6.11. The molecule has 0 saturated heterocycles. The Balaban J connectivity index is 2.39. The number of pyridine rings is 1. The van der Waals surface area contributed by atoms with Gasteiger partial charge in [0.25, 0.3) is 0 Å². The van der Waals surface area contributed by atoms with Gasteiger partial charge in [-0.25, -0.2) is 0 Å². The number of nitriles is 1. The van der Waals surface area contributed by atoms with Gasteiger partial charge in [0.1, 0.15) is 5.92 Å². The Bertz CT molecular complexity index is 605. The third kappa shape index (κ3) is 2.47. The van der Waals surface area contributed by atoms with Crippen LogP contribution in [0.15, 0.2) is 53.3 Å². The predicted molar refractivity (Wildman–Crippen MR) is 71.1 cm³/mol. The number of halogens is 1. The molecular formula is C14H9BrN2O. The van der Waals surface area contributed by atoms with E-state index in [1.165, 1.54) is 0 Å². The smallest absolute Gasteiger partial charge is 0.185 e. The third-order valence-electron chi connectivity index (χ3n) is 2.55. The minimum atomic E-state index is -0.822. The van der Waals surface area contributed by atoms with Crippen molar-refractivity contribution in [1.82, 2.24) is 4.98 Å². The first kappa shape index (κ1) is 12.5. The number of carbonyl (C=O) groups is 1. The molecule has 2 aromatic rings. The van der Waals surface area contributed by atoms with Crippen molar-refractivity contribution in [3.05, 3.63) is 64.4 Å². The van der Waals surface area contributed by atoms with Crippen LogP contribution in [0.1, 0.15) is 21.8 Å². The van der Waals surface area contributed by atoms with Crippen molar-refractivity contribution >= 4 is 21.7 Å². The number of rotatable bonds is 3. The Hall–Kier alpha value is -1.99. The van der Waals surface area contributed by atoms with Crippen LogP contribution >= 0.6 is 15.9 Å². The molecule has 0 radical (unpaired) electrons. The highest BCUT2D eigenvalue weighted by molar-refractivity contribution is 9.10. The quantitative estimate of drug-likeness (QED) is 0.817. The lowest BCUT2D eigenvalue weighted by atomic mass is 9.93. The third-order valence-corrected chi connectivity index (χ3v) is 3.24. The van der Waals surface area contributed by atoms with Gasteiger partial charge in [-0.15, -0.1) is 0 Å². The standard InChI is InChI=1S/C14H9BrN2O/c15-13-6-2-1-5-11(13)14(18)12(8-16)10-4-3-7-17-9-10/h1-7,9,12H. The molecule has 0 spiro atoms. The van der Waals surface area contributed by atoms with Crippen molar-refractivity contribution in [2.24, 2.45) is 0 Å². The summed E-state index contributed by atoms with van der Waals surface area (Å²) in [5.74, 6) is -1.05. The molecule has 1 heterocycles. The average Bonchev–Trinajstić information content (AvgIpc) is 2.41. The topological polar surface area (TPSA) is 53.8 Å². The molecule has 0 N–H and O–H groups in total. The number of benzene rings is 1. The van der Waals surface area contributed by atoms with Crippen LogP contribution in [-0.2, 0) is 0 Å². The van der Waals surface area contributed by atoms with Crippen LogP contribution in [0.4, 0.5) is 0 Å². The van der Waals surface area contributed by atoms with E-state index in [0.29, 0.717) is 15.6 Å². The van der Waals surface area contributed by atoms with E-state index >= 15 is 0 Å². The summed E-state index contributed by atoms with van der Waals surface area (Å²) in [7, 11) is 0. The summed E-state index contributed by atoms with van der Waals surface area (Å²) >= 11 is 3.32. The van der Waals surface area contributed by atoms with E-state index in [-0.39, 0.29) is 5.78 Å². The second kappa shape index (κ2) is 5.56. The number of hydrogen-bond donors (Lipinski definition) is 0. The number of Topliss-reactive ketones (excluding diaryl/α,β-unsaturated/α-hetero) is 1. The first-order chi connectivity index (χ1) is 8.74. The summed E-state index contributed by atoms with van der Waals surface area (Å²) in [6.07, 6.45) is 3.16. The Morgan fingerprint density at radius 2 is 2.06 bits per heavy atom. The second-order valence-corrected chi connectivity index (χ2v) is 4.55. The van der Waals surface area contributed by atoms with E-state index in [0.717, 1.165) is 0 Å². The van der Waals surface area contributed by atoms with E-state index in [2.05, 4.69) is 20.9 Å². The van der Waals surface area contributed by atoms with Crippen molar-refractivity contribution in [2.45, 2.75) is 5.92 Å². The second-order valence-electron chi connectivity index (χ2n) is 3.69. The van der Waals surface area contributed by atoms with Gasteiger partial charge in [0, 0.05) is 22.4 Å². The van der Waals surface area contributed by atoms with Crippen molar-refractivity contribution in [3.63, 3.8) is 0 Å². The number of aromatic nitrogens is 1. The zero-order chi connectivity index (χ0) is 13.0. The molecular weight excluding hydrogens is 292 g/mol. The molecule has 0 fully saturated rings. The largest absolute Gasteiger partial charge is 0.292 e. The fourth-order valence-corrected chi connectivity index (χ4v) is 2.13. The minimum absolute atomic E-state index is 0.224. The zero-order valence-electron chi connectivity index (χ0n) is 9.38. The van der Waals surface area contributed by atoms with E-state index in [4.69, 9.17) is 0 Å². The van der Waals surface area contributed by atoms with Crippen molar-refractivity contribution in [1.29, 1.82) is 5.26 Å². The monoisotopic (exact) mass is 300 g/mol. The Kier molecular flexibility index (Phi) is 3.85. The van der Waals surface area contributed by atoms with E-state index in [9.17, 15) is 10.1 Å². The molecule has 0 aliphatic rings. The van der Waals surface area contributed by atoms with Crippen LogP contribution < -0.4 is 0 Å². The summed E-state index contributed by atoms with van der Waals surface area (Å²) < 4.78 is 0.694. The number of carbonyl (C=O) groups excluding carboxylic acids is 1. The Morgan fingerprint density at radius 1 is 1.28 bits per heavy atom. The fourth-order valence-electron chi connectivity index (χ4n) is 1.65. The maximum absolute atomic E-state index is 12.3. The summed E-state index contributed by atoms with van der Waals surface area (Å²) in [6.45, 7) is 0. The lowest BCUT2D eigenvalue weighted by molar-refractivity contribution is 0.0978. The minimum Gasteiger partial charge on any atom is -0.292 e. The highest BCUT2D eigenvalue weighted by atomic mass is 79.9. The predicted octanol–water partition coefficient (Wildman–Crippen LogP) is 3.33. The van der Waals surface area contributed by atoms with Crippen molar-refractivity contribution in [2.75, 3.05) is 0 Å². The molecule has 2 rings (SSSR count). The lowest BCUT2D eigenvalue weighted by Crippen LogP contribution is -2.12. The van der Waals surface area contributed by atoms with Gasteiger partial charge in [0.15, 0.2) is 5.78 Å². The van der Waals surface area contributed by atoms with Crippen molar-refractivity contribution < 1.29 is 4.79 Å². The molecule has 0 saturated carbocycles. The molecule has 1 unspecified atom stereocenters. The van der Waals surface area contributed by atoms with Crippen LogP contribution in [0.5, 0.6) is 0 Å². The summed E-state index contributed by atoms with van der Waals surface area (Å²) in [6, 6.07) is 12.6. The van der Waals surface area contributed by atoms with Gasteiger partial charge in [-0.1, -0.05) is 40.2 Å². The van der Waals surface area contributed by atoms with Gasteiger partial charge in [0.2, 0.25) is 0 Å². The number of hydrogen-bond acceptors (Lipinski definition) is 3. The molecule has 0 amide bonds. The molecule has 0 aliphatic heterocycles. The molecule has 18 heavy (non-hydrogen) atoms. The van der Waals surface area contributed by atoms with Crippen LogP contribution in [0.2, 0.25) is 0 Å². The maximum atomic E-state index is 12.3. The van der Waals surface area contributed by atoms with E-state index in [1.54, 1.807) is 42.7 Å². The van der Waals surface area contributed by atoms with Gasteiger partial charge in [-0.3, -0.25) is 9.78 Å². The first-order valence-electron chi connectivity index (χ1n) is 5.32. The molecule has 3 nitrogen and oxygen atoms in total. The van der Waals surface area contributed by atoms with Gasteiger partial charge >= 0.3 is 0 Å². The number of ketones is 1. The van der Waals surface area contributed by atoms with Gasteiger partial charge in [0.05, 0.1) is 6.07 Å². The molecule has 0 aliphatic carbocycles. The summed E-state index contributed by atoms with van der Waals surface area (Å²) in [5, 5.41) is 9.19. The summed E-state index contributed by atoms with van der Waals surface area (Å²) in [5.41, 5.74) is 1.12. The zero-order valence-corrected chi connectivity index (χ0v) is 11.0. The lowest BCUT2D eigenvalue weighted by Gasteiger charge is -2.09. The molecule has 4 heteroatoms. The molecule has 0 bridgehead atoms. The molecule has 1 atom stereocenters. The van der Waals surface area contributed by atoms with Gasteiger partial charge in [-0.05, 0) is 17.7 Å². The summed E-state index contributed by atoms with van der Waals surface area (Å²) in [4.78, 5) is 16.3. The van der Waals surface area contributed by atoms with E-state index in [1.807, 2.05) is 12.1 Å². The van der Waals surface area contributed by atoms with Gasteiger partial charge in [-0.2, -0.15) is 5.26 Å². The fraction of sp³-hybridized carbons (Fsp3) is 0.0714. The maximum Gasteiger partial charge on any atom is 0.185 e. The Morgan fingerprint density at radius 3 is 2.67 bits per heavy atom. The molecule has 1 aromatic heterocycles. The molecule has 88 valence electrons. The Labute approximate surface area is 113 Å². The van der Waals surface area contributed by atoms with Crippen LogP contribution in [-0.4, -0.2) is 10.8 Å². The van der Waals surface area contributed by atoms with E-state index < -0.39 is 5.92 Å². The average molecular weight is 301 g/mol. The van der Waals surface area contributed by atoms with Crippen LogP contribution in [0.25, 0.3) is 0 Å². The highest BCUT2D eigenvalue weighted by Crippen LogP contribution is 2.24. The SMILES string of the molecule is N#CC(C(=O)c1ccccc1Br)c1cccnc1. The molecule has 1 aromatic carbocycles. The van der Waals surface area contributed by atoms with Crippen LogP contribution in [0, 0.1) is 11.3 Å². The van der Waals surface area contributed by atoms with Crippen molar-refractivity contribution in [3.8, 4) is 6.07 Å². The highest BCUT2D eigenvalue weighted by Gasteiger charge is 2.23. The number of nitrogens with zero attached hydrogens (tertiary/aromatic N) is 2. The normalized spacial score (nSPS) is 11.6.